The highest BCUT2D eigenvalue weighted by Gasteiger charge is 2.34. The second-order valence-corrected chi connectivity index (χ2v) is 5.02. The molecule has 112 valence electrons. The van der Waals surface area contributed by atoms with Crippen molar-refractivity contribution in [1.82, 2.24) is 10.2 Å². The van der Waals surface area contributed by atoms with Gasteiger partial charge in [-0.05, 0) is 25.3 Å². The van der Waals surface area contributed by atoms with Crippen molar-refractivity contribution in [3.05, 3.63) is 35.9 Å². The maximum Gasteiger partial charge on any atom is 0.318 e. The van der Waals surface area contributed by atoms with Crippen LogP contribution in [0.1, 0.15) is 39.2 Å². The van der Waals surface area contributed by atoms with Crippen molar-refractivity contribution in [2.75, 3.05) is 13.1 Å². The zero-order chi connectivity index (χ0) is 15.0. The number of amides is 2. The quantitative estimate of drug-likeness (QED) is 0.805. The molecule has 20 heavy (non-hydrogen) atoms. The van der Waals surface area contributed by atoms with Crippen molar-refractivity contribution < 1.29 is 4.79 Å². The predicted octanol–water partition coefficient (Wildman–Crippen LogP) is 2.74. The van der Waals surface area contributed by atoms with E-state index >= 15 is 0 Å². The van der Waals surface area contributed by atoms with E-state index in [-0.39, 0.29) is 11.6 Å². The first-order chi connectivity index (χ1) is 9.63. The SMILES string of the molecule is CCN(C(=O)NCc1ccccc1)C(CC)(CC)CN. The maximum absolute atomic E-state index is 12.4. The number of nitrogens with zero attached hydrogens (tertiary/aromatic N) is 1. The van der Waals surface area contributed by atoms with E-state index in [0.717, 1.165) is 18.4 Å². The molecule has 0 heterocycles. The summed E-state index contributed by atoms with van der Waals surface area (Å²) in [6, 6.07) is 9.89. The van der Waals surface area contributed by atoms with Gasteiger partial charge in [0.15, 0.2) is 0 Å². The minimum absolute atomic E-state index is 0.0366. The molecule has 0 radical (unpaired) electrons. The molecule has 1 aromatic carbocycles. The van der Waals surface area contributed by atoms with Gasteiger partial charge in [0.1, 0.15) is 0 Å². The monoisotopic (exact) mass is 277 g/mol. The summed E-state index contributed by atoms with van der Waals surface area (Å²) >= 11 is 0. The smallest absolute Gasteiger partial charge is 0.318 e. The van der Waals surface area contributed by atoms with Gasteiger partial charge >= 0.3 is 6.03 Å². The molecule has 0 saturated carbocycles. The highest BCUT2D eigenvalue weighted by molar-refractivity contribution is 5.75. The normalized spacial score (nSPS) is 11.2. The summed E-state index contributed by atoms with van der Waals surface area (Å²) in [6.07, 6.45) is 1.74. The first-order valence-electron chi connectivity index (χ1n) is 7.43. The Morgan fingerprint density at radius 3 is 2.25 bits per heavy atom. The number of hydrogen-bond donors (Lipinski definition) is 2. The van der Waals surface area contributed by atoms with Crippen LogP contribution in [0.2, 0.25) is 0 Å². The van der Waals surface area contributed by atoms with E-state index in [4.69, 9.17) is 5.73 Å². The van der Waals surface area contributed by atoms with Crippen LogP contribution in [0.3, 0.4) is 0 Å². The standard InChI is InChI=1S/C16H27N3O/c1-4-16(5-2,13-17)19(6-3)15(20)18-12-14-10-8-7-9-11-14/h7-11H,4-6,12-13,17H2,1-3H3,(H,18,20). The lowest BCUT2D eigenvalue weighted by Gasteiger charge is -2.41. The summed E-state index contributed by atoms with van der Waals surface area (Å²) in [7, 11) is 0. The number of nitrogens with two attached hydrogens (primary N) is 1. The minimum Gasteiger partial charge on any atom is -0.334 e. The molecule has 2 amide bonds. The number of urea groups is 1. The third kappa shape index (κ3) is 3.73. The average molecular weight is 277 g/mol. The lowest BCUT2D eigenvalue weighted by molar-refractivity contribution is 0.112. The second-order valence-electron chi connectivity index (χ2n) is 5.02. The molecular formula is C16H27N3O. The fourth-order valence-electron chi connectivity index (χ4n) is 2.59. The van der Waals surface area contributed by atoms with Crippen molar-refractivity contribution in [2.45, 2.75) is 45.7 Å². The number of carbonyl (C=O) groups is 1. The van der Waals surface area contributed by atoms with Crippen molar-refractivity contribution in [3.63, 3.8) is 0 Å². The Morgan fingerprint density at radius 1 is 1.20 bits per heavy atom. The molecule has 0 aromatic heterocycles. The maximum atomic E-state index is 12.4. The summed E-state index contributed by atoms with van der Waals surface area (Å²) in [5, 5.41) is 2.99. The molecule has 0 fully saturated rings. The third-order valence-corrected chi connectivity index (χ3v) is 4.12. The van der Waals surface area contributed by atoms with Crippen molar-refractivity contribution in [3.8, 4) is 0 Å². The molecule has 0 spiro atoms. The van der Waals surface area contributed by atoms with Crippen molar-refractivity contribution in [2.24, 2.45) is 5.73 Å². The molecule has 0 aliphatic carbocycles. The van der Waals surface area contributed by atoms with Crippen LogP contribution >= 0.6 is 0 Å². The largest absolute Gasteiger partial charge is 0.334 e. The Bertz CT molecular complexity index is 393. The Morgan fingerprint density at radius 2 is 1.80 bits per heavy atom. The number of carbonyl (C=O) groups excluding carboxylic acids is 1. The van der Waals surface area contributed by atoms with Gasteiger partial charge in [0, 0.05) is 19.6 Å². The summed E-state index contributed by atoms with van der Waals surface area (Å²) in [6.45, 7) is 7.88. The van der Waals surface area contributed by atoms with E-state index in [0.29, 0.717) is 19.6 Å². The summed E-state index contributed by atoms with van der Waals surface area (Å²) in [4.78, 5) is 14.3. The zero-order valence-corrected chi connectivity index (χ0v) is 12.9. The Balaban J connectivity index is 2.72. The lowest BCUT2D eigenvalue weighted by atomic mass is 9.91. The molecule has 0 bridgehead atoms. The number of rotatable bonds is 7. The van der Waals surface area contributed by atoms with Crippen LogP contribution in [0.5, 0.6) is 0 Å². The van der Waals surface area contributed by atoms with Gasteiger partial charge in [0.25, 0.3) is 0 Å². The predicted molar refractivity (Wildman–Crippen MR) is 83.4 cm³/mol. The topological polar surface area (TPSA) is 58.4 Å². The fraction of sp³-hybridized carbons (Fsp3) is 0.562. The van der Waals surface area contributed by atoms with Gasteiger partial charge in [0.2, 0.25) is 0 Å². The number of likely N-dealkylation sites (N-methyl/N-ethyl adjacent to an activating group) is 1. The third-order valence-electron chi connectivity index (χ3n) is 4.12. The van der Waals surface area contributed by atoms with E-state index in [1.165, 1.54) is 0 Å². The van der Waals surface area contributed by atoms with Crippen LogP contribution in [0, 0.1) is 0 Å². The van der Waals surface area contributed by atoms with Crippen LogP contribution in [-0.2, 0) is 6.54 Å². The van der Waals surface area contributed by atoms with Gasteiger partial charge < -0.3 is 16.0 Å². The van der Waals surface area contributed by atoms with Crippen LogP contribution in [-0.4, -0.2) is 29.6 Å². The van der Waals surface area contributed by atoms with Gasteiger partial charge in [-0.15, -0.1) is 0 Å². The number of hydrogen-bond acceptors (Lipinski definition) is 2. The number of benzene rings is 1. The minimum atomic E-state index is -0.241. The first kappa shape index (κ1) is 16.5. The van der Waals surface area contributed by atoms with Crippen LogP contribution in [0.25, 0.3) is 0 Å². The Kier molecular flexibility index (Phi) is 6.52. The molecule has 0 unspecified atom stereocenters. The van der Waals surface area contributed by atoms with Gasteiger partial charge in [-0.3, -0.25) is 0 Å². The van der Waals surface area contributed by atoms with Crippen LogP contribution in [0.15, 0.2) is 30.3 Å². The molecule has 0 saturated heterocycles. The van der Waals surface area contributed by atoms with Crippen molar-refractivity contribution >= 4 is 6.03 Å². The molecule has 3 N–H and O–H groups in total. The van der Waals surface area contributed by atoms with E-state index < -0.39 is 0 Å². The van der Waals surface area contributed by atoms with Gasteiger partial charge in [0.05, 0.1) is 5.54 Å². The molecule has 4 heteroatoms. The summed E-state index contributed by atoms with van der Waals surface area (Å²) in [5.74, 6) is 0. The highest BCUT2D eigenvalue weighted by Crippen LogP contribution is 2.22. The molecule has 0 aliphatic heterocycles. The van der Waals surface area contributed by atoms with E-state index in [1.54, 1.807) is 0 Å². The molecule has 4 nitrogen and oxygen atoms in total. The van der Waals surface area contributed by atoms with Gasteiger partial charge in [-0.25, -0.2) is 4.79 Å². The van der Waals surface area contributed by atoms with E-state index in [9.17, 15) is 4.79 Å². The molecule has 0 atom stereocenters. The molecule has 0 aliphatic rings. The average Bonchev–Trinajstić information content (AvgIpc) is 2.51. The number of nitrogens with one attached hydrogen (secondary N) is 1. The van der Waals surface area contributed by atoms with Gasteiger partial charge in [-0.2, -0.15) is 0 Å². The Hall–Kier alpha value is -1.55. The second kappa shape index (κ2) is 7.90. The zero-order valence-electron chi connectivity index (χ0n) is 12.9. The fourth-order valence-corrected chi connectivity index (χ4v) is 2.59. The van der Waals surface area contributed by atoms with Crippen molar-refractivity contribution in [1.29, 1.82) is 0 Å². The van der Waals surface area contributed by atoms with E-state index in [1.807, 2.05) is 42.2 Å². The Labute approximate surface area is 122 Å². The summed E-state index contributed by atoms with van der Waals surface area (Å²) in [5.41, 5.74) is 6.79. The molecule has 1 aromatic rings. The van der Waals surface area contributed by atoms with Gasteiger partial charge in [-0.1, -0.05) is 44.2 Å². The lowest BCUT2D eigenvalue weighted by Crippen LogP contribution is -2.58. The van der Waals surface area contributed by atoms with Crippen LogP contribution in [0.4, 0.5) is 4.79 Å². The molecule has 1 rings (SSSR count). The summed E-state index contributed by atoms with van der Waals surface area (Å²) < 4.78 is 0. The van der Waals surface area contributed by atoms with Crippen LogP contribution < -0.4 is 11.1 Å². The first-order valence-corrected chi connectivity index (χ1v) is 7.43. The molecular weight excluding hydrogens is 250 g/mol. The van der Waals surface area contributed by atoms with E-state index in [2.05, 4.69) is 19.2 Å². The highest BCUT2D eigenvalue weighted by atomic mass is 16.2.